The number of aromatic nitrogens is 2. The third kappa shape index (κ3) is 9.49. The first kappa shape index (κ1) is 32.9. The molecular weight excluding hydrogens is 602 g/mol. The van der Waals surface area contributed by atoms with Crippen LogP contribution in [0.5, 0.6) is 0 Å². The predicted molar refractivity (Wildman–Crippen MR) is 172 cm³/mol. The molecule has 13 heteroatoms. The van der Waals surface area contributed by atoms with Gasteiger partial charge >= 0.3 is 0 Å². The van der Waals surface area contributed by atoms with Crippen molar-refractivity contribution in [2.45, 2.75) is 62.7 Å². The number of hydrogen-bond donors (Lipinski definition) is 4. The molecule has 3 fully saturated rings. The Morgan fingerprint density at radius 1 is 1.07 bits per heavy atom. The molecule has 0 spiro atoms. The van der Waals surface area contributed by atoms with Crippen molar-refractivity contribution in [2.75, 3.05) is 63.2 Å². The van der Waals surface area contributed by atoms with Crippen LogP contribution < -0.4 is 20.7 Å². The highest BCUT2D eigenvalue weighted by atomic mass is 35.5. The van der Waals surface area contributed by atoms with Gasteiger partial charge in [-0.05, 0) is 82.0 Å². The van der Waals surface area contributed by atoms with Crippen molar-refractivity contribution in [1.82, 2.24) is 20.0 Å². The number of ether oxygens (including phenoxy) is 2. The summed E-state index contributed by atoms with van der Waals surface area (Å²) < 4.78 is 37.2. The van der Waals surface area contributed by atoms with Crippen LogP contribution in [0.4, 0.5) is 11.6 Å². The lowest BCUT2D eigenvalue weighted by molar-refractivity contribution is 0.0455. The summed E-state index contributed by atoms with van der Waals surface area (Å²) in [5.41, 5.74) is 1.13. The van der Waals surface area contributed by atoms with Gasteiger partial charge in [-0.3, -0.25) is 0 Å². The second-order valence-electron chi connectivity index (χ2n) is 12.1. The lowest BCUT2D eigenvalue weighted by Crippen LogP contribution is -2.34. The Labute approximate surface area is 265 Å². The monoisotopic (exact) mass is 645 g/mol. The smallest absolute Gasteiger partial charge is 0.214 e. The van der Waals surface area contributed by atoms with Gasteiger partial charge in [0.05, 0.1) is 40.7 Å². The average molecular weight is 646 g/mol. The summed E-state index contributed by atoms with van der Waals surface area (Å²) in [6, 6.07) is 10.6. The third-order valence-electron chi connectivity index (χ3n) is 8.74. The Balaban J connectivity index is 1.02. The van der Waals surface area contributed by atoms with Gasteiger partial charge in [0, 0.05) is 50.7 Å². The van der Waals surface area contributed by atoms with E-state index in [-0.39, 0.29) is 5.25 Å². The van der Waals surface area contributed by atoms with Gasteiger partial charge in [0.2, 0.25) is 10.0 Å². The minimum absolute atomic E-state index is 0.190. The highest BCUT2D eigenvalue weighted by Crippen LogP contribution is 2.33. The van der Waals surface area contributed by atoms with E-state index in [4.69, 9.17) is 26.1 Å². The highest BCUT2D eigenvalue weighted by Gasteiger charge is 2.35. The summed E-state index contributed by atoms with van der Waals surface area (Å²) in [6.45, 7) is 4.74. The molecule has 3 aliphatic rings. The maximum absolute atomic E-state index is 11.8. The van der Waals surface area contributed by atoms with E-state index >= 15 is 0 Å². The summed E-state index contributed by atoms with van der Waals surface area (Å²) in [4.78, 5) is 9.33. The second kappa shape index (κ2) is 15.7. The molecule has 1 aliphatic heterocycles. The largest absolute Gasteiger partial charge is 0.381 e. The summed E-state index contributed by atoms with van der Waals surface area (Å²) in [5, 5.41) is 20.6. The molecular formula is C31H44ClN7O4S. The van der Waals surface area contributed by atoms with E-state index in [1.54, 1.807) is 6.20 Å². The van der Waals surface area contributed by atoms with Crippen LogP contribution in [0.3, 0.4) is 0 Å². The molecule has 0 radical (unpaired) electrons. The van der Waals surface area contributed by atoms with E-state index in [0.29, 0.717) is 75.2 Å². The van der Waals surface area contributed by atoms with Crippen LogP contribution in [0.25, 0.3) is 11.3 Å². The van der Waals surface area contributed by atoms with Crippen LogP contribution in [0.1, 0.15) is 51.4 Å². The number of rotatable bonds is 16. The van der Waals surface area contributed by atoms with Crippen LogP contribution in [0.15, 0.2) is 30.5 Å². The number of anilines is 2. The first-order valence-electron chi connectivity index (χ1n) is 15.8. The quantitative estimate of drug-likeness (QED) is 0.196. The van der Waals surface area contributed by atoms with Gasteiger partial charge < -0.3 is 25.4 Å². The standard InChI is InChI=1S/C31H44ClN7O4S/c32-27-20-35-30(18-26(27)28-2-1-3-29(39-28)36-22-31(21-33)10-14-42-15-11-31)38-24-6-4-23(5-7-24)19-34-12-16-43-17-13-37-44(40,41)25-8-9-25/h1-3,18,20,23-25,34,37H,4-17,19,22H2,(H,35,38)(H,36,39). The molecule has 0 aromatic carbocycles. The maximum Gasteiger partial charge on any atom is 0.214 e. The molecule has 0 amide bonds. The Hall–Kier alpha value is -2.53. The van der Waals surface area contributed by atoms with Crippen molar-refractivity contribution in [3.63, 3.8) is 0 Å². The second-order valence-corrected chi connectivity index (χ2v) is 14.6. The molecule has 5 rings (SSSR count). The normalized spacial score (nSPS) is 21.8. The van der Waals surface area contributed by atoms with Crippen molar-refractivity contribution in [2.24, 2.45) is 11.3 Å². The average Bonchev–Trinajstić information content (AvgIpc) is 3.91. The van der Waals surface area contributed by atoms with Gasteiger partial charge in [-0.1, -0.05) is 17.7 Å². The van der Waals surface area contributed by atoms with E-state index in [1.807, 2.05) is 24.3 Å². The van der Waals surface area contributed by atoms with Crippen LogP contribution >= 0.6 is 11.6 Å². The number of hydrogen-bond acceptors (Lipinski definition) is 10. The number of halogens is 1. The minimum atomic E-state index is -3.13. The predicted octanol–water partition coefficient (Wildman–Crippen LogP) is 4.19. The Bertz CT molecular complexity index is 1370. The zero-order chi connectivity index (χ0) is 30.8. The highest BCUT2D eigenvalue weighted by molar-refractivity contribution is 7.90. The fraction of sp³-hybridized carbons (Fsp3) is 0.645. The van der Waals surface area contributed by atoms with Crippen molar-refractivity contribution >= 4 is 33.3 Å². The number of pyridine rings is 2. The molecule has 3 heterocycles. The van der Waals surface area contributed by atoms with E-state index in [1.165, 1.54) is 0 Å². The van der Waals surface area contributed by atoms with E-state index < -0.39 is 15.4 Å². The topological polar surface area (TPSA) is 150 Å². The molecule has 2 aliphatic carbocycles. The number of nitrogens with one attached hydrogen (secondary N) is 4. The fourth-order valence-electron chi connectivity index (χ4n) is 5.77. The molecule has 0 unspecified atom stereocenters. The van der Waals surface area contributed by atoms with E-state index in [9.17, 15) is 13.7 Å². The Morgan fingerprint density at radius 3 is 2.59 bits per heavy atom. The molecule has 2 saturated carbocycles. The molecule has 1 saturated heterocycles. The van der Waals surface area contributed by atoms with Crippen molar-refractivity contribution in [3.05, 3.63) is 35.5 Å². The number of nitriles is 1. The van der Waals surface area contributed by atoms with Crippen LogP contribution in [-0.2, 0) is 19.5 Å². The van der Waals surface area contributed by atoms with E-state index in [2.05, 4.69) is 31.7 Å². The summed E-state index contributed by atoms with van der Waals surface area (Å²) in [6.07, 6.45) is 9.01. The van der Waals surface area contributed by atoms with Gasteiger partial charge in [0.1, 0.15) is 11.6 Å². The molecule has 0 atom stereocenters. The summed E-state index contributed by atoms with van der Waals surface area (Å²) in [7, 11) is -3.13. The van der Waals surface area contributed by atoms with Crippen LogP contribution in [0.2, 0.25) is 5.02 Å². The molecule has 0 bridgehead atoms. The molecule has 2 aromatic rings. The zero-order valence-electron chi connectivity index (χ0n) is 25.2. The molecule has 44 heavy (non-hydrogen) atoms. The van der Waals surface area contributed by atoms with Crippen LogP contribution in [0, 0.1) is 22.7 Å². The SMILES string of the molecule is N#CC1(CNc2cccc(-c3cc(NC4CCC(CNCCOCCNS(=O)(=O)C5CC5)CC4)ncc3Cl)n2)CCOCC1. The Morgan fingerprint density at radius 2 is 1.84 bits per heavy atom. The van der Waals surface area contributed by atoms with Gasteiger partial charge in [-0.15, -0.1) is 0 Å². The molecule has 4 N–H and O–H groups in total. The zero-order valence-corrected chi connectivity index (χ0v) is 26.8. The lowest BCUT2D eigenvalue weighted by Gasteiger charge is -2.30. The van der Waals surface area contributed by atoms with Gasteiger partial charge in [0.25, 0.3) is 0 Å². The van der Waals surface area contributed by atoms with Crippen molar-refractivity contribution in [1.29, 1.82) is 5.26 Å². The number of sulfonamides is 1. The maximum atomic E-state index is 11.8. The van der Waals surface area contributed by atoms with Crippen molar-refractivity contribution < 1.29 is 17.9 Å². The van der Waals surface area contributed by atoms with Gasteiger partial charge in [-0.2, -0.15) is 5.26 Å². The first-order chi connectivity index (χ1) is 21.4. The van der Waals surface area contributed by atoms with Crippen molar-refractivity contribution in [3.8, 4) is 17.3 Å². The minimum Gasteiger partial charge on any atom is -0.381 e. The lowest BCUT2D eigenvalue weighted by atomic mass is 9.82. The van der Waals surface area contributed by atoms with Gasteiger partial charge in [0.15, 0.2) is 0 Å². The van der Waals surface area contributed by atoms with Gasteiger partial charge in [-0.25, -0.2) is 23.1 Å². The summed E-state index contributed by atoms with van der Waals surface area (Å²) in [5.74, 6) is 2.11. The third-order valence-corrected chi connectivity index (χ3v) is 11.0. The summed E-state index contributed by atoms with van der Waals surface area (Å²) >= 11 is 6.56. The molecule has 2 aromatic heterocycles. The fourth-order valence-corrected chi connectivity index (χ4v) is 7.33. The Kier molecular flexibility index (Phi) is 11.7. The number of nitrogens with zero attached hydrogens (tertiary/aromatic N) is 3. The van der Waals surface area contributed by atoms with Crippen LogP contribution in [-0.4, -0.2) is 82.3 Å². The molecule has 11 nitrogen and oxygen atoms in total. The van der Waals surface area contributed by atoms with E-state index in [0.717, 1.165) is 68.7 Å². The molecule has 240 valence electrons. The first-order valence-corrected chi connectivity index (χ1v) is 17.7.